The Kier molecular flexibility index (Phi) is 6.24. The molecule has 18 heavy (non-hydrogen) atoms. The third kappa shape index (κ3) is 4.72. The molecule has 0 heterocycles. The van der Waals surface area contributed by atoms with Crippen LogP contribution in [-0.4, -0.2) is 24.7 Å². The Morgan fingerprint density at radius 3 is 2.78 bits per heavy atom. The topological polar surface area (TPSA) is 64.4 Å². The molecule has 0 amide bonds. The highest BCUT2D eigenvalue weighted by atomic mass is 79.9. The van der Waals surface area contributed by atoms with E-state index in [4.69, 9.17) is 4.74 Å². The molecule has 0 spiro atoms. The first-order valence-electron chi connectivity index (χ1n) is 5.73. The van der Waals surface area contributed by atoms with Crippen LogP contribution in [0.1, 0.15) is 18.9 Å². The van der Waals surface area contributed by atoms with Gasteiger partial charge in [0.1, 0.15) is 0 Å². The van der Waals surface area contributed by atoms with Crippen molar-refractivity contribution in [3.05, 3.63) is 38.3 Å². The van der Waals surface area contributed by atoms with Crippen molar-refractivity contribution >= 4 is 21.6 Å². The van der Waals surface area contributed by atoms with E-state index in [0.717, 1.165) is 12.0 Å². The Labute approximate surface area is 115 Å². The molecule has 6 heteroatoms. The molecule has 0 aliphatic rings. The average molecular weight is 317 g/mol. The molecule has 0 aliphatic carbocycles. The third-order valence-corrected chi connectivity index (χ3v) is 3.07. The first-order chi connectivity index (χ1) is 8.56. The molecule has 5 nitrogen and oxygen atoms in total. The number of non-ortho nitro benzene ring substituents is 1. The van der Waals surface area contributed by atoms with Gasteiger partial charge in [0.2, 0.25) is 0 Å². The van der Waals surface area contributed by atoms with Crippen molar-refractivity contribution in [3.63, 3.8) is 0 Å². The SMILES string of the molecule is CCC(COC)NCc1cc(Br)cc([N+](=O)[O-])c1. The second kappa shape index (κ2) is 7.45. The minimum atomic E-state index is -0.388. The molecule has 1 rings (SSSR count). The van der Waals surface area contributed by atoms with Gasteiger partial charge in [-0.25, -0.2) is 0 Å². The summed E-state index contributed by atoms with van der Waals surface area (Å²) in [6.07, 6.45) is 0.948. The molecule has 100 valence electrons. The maximum atomic E-state index is 10.7. The molecule has 0 fully saturated rings. The molecule has 0 radical (unpaired) electrons. The molecule has 1 unspecified atom stereocenters. The van der Waals surface area contributed by atoms with Crippen LogP contribution >= 0.6 is 15.9 Å². The maximum absolute atomic E-state index is 10.7. The van der Waals surface area contributed by atoms with Gasteiger partial charge in [-0.15, -0.1) is 0 Å². The summed E-state index contributed by atoms with van der Waals surface area (Å²) >= 11 is 3.28. The zero-order valence-corrected chi connectivity index (χ0v) is 12.1. The first kappa shape index (κ1) is 15.1. The van der Waals surface area contributed by atoms with Crippen LogP contribution < -0.4 is 5.32 Å². The molecule has 1 atom stereocenters. The van der Waals surface area contributed by atoms with Gasteiger partial charge >= 0.3 is 0 Å². The van der Waals surface area contributed by atoms with Gasteiger partial charge in [-0.2, -0.15) is 0 Å². The number of halogens is 1. The molecule has 0 aromatic heterocycles. The Bertz CT molecular complexity index is 412. The van der Waals surface area contributed by atoms with E-state index in [0.29, 0.717) is 17.6 Å². The normalized spacial score (nSPS) is 12.4. The van der Waals surface area contributed by atoms with Crippen LogP contribution in [0.2, 0.25) is 0 Å². The number of nitrogens with one attached hydrogen (secondary N) is 1. The van der Waals surface area contributed by atoms with Crippen LogP contribution in [0.25, 0.3) is 0 Å². The second-order valence-electron chi connectivity index (χ2n) is 4.02. The summed E-state index contributed by atoms with van der Waals surface area (Å²) in [4.78, 5) is 10.4. The summed E-state index contributed by atoms with van der Waals surface area (Å²) in [6, 6.07) is 5.21. The third-order valence-electron chi connectivity index (χ3n) is 2.61. The van der Waals surface area contributed by atoms with Gasteiger partial charge < -0.3 is 10.1 Å². The van der Waals surface area contributed by atoms with Gasteiger partial charge in [0, 0.05) is 36.3 Å². The van der Waals surface area contributed by atoms with E-state index in [1.807, 2.05) is 6.07 Å². The lowest BCUT2D eigenvalue weighted by Crippen LogP contribution is -2.32. The first-order valence-corrected chi connectivity index (χ1v) is 6.52. The van der Waals surface area contributed by atoms with Gasteiger partial charge in [0.25, 0.3) is 5.69 Å². The molecular weight excluding hydrogens is 300 g/mol. The molecule has 0 bridgehead atoms. The number of rotatable bonds is 7. The number of nitro benzene ring substituents is 1. The highest BCUT2D eigenvalue weighted by molar-refractivity contribution is 9.10. The quantitative estimate of drug-likeness (QED) is 0.620. The lowest BCUT2D eigenvalue weighted by atomic mass is 10.1. The minimum Gasteiger partial charge on any atom is -0.383 e. The van der Waals surface area contributed by atoms with E-state index in [1.165, 1.54) is 6.07 Å². The monoisotopic (exact) mass is 316 g/mol. The largest absolute Gasteiger partial charge is 0.383 e. The van der Waals surface area contributed by atoms with Gasteiger partial charge in [-0.1, -0.05) is 22.9 Å². The summed E-state index contributed by atoms with van der Waals surface area (Å²) < 4.78 is 5.80. The van der Waals surface area contributed by atoms with Crippen molar-refractivity contribution in [2.24, 2.45) is 0 Å². The highest BCUT2D eigenvalue weighted by Crippen LogP contribution is 2.21. The Morgan fingerprint density at radius 2 is 2.22 bits per heavy atom. The van der Waals surface area contributed by atoms with Crippen LogP contribution in [0.15, 0.2) is 22.7 Å². The number of hydrogen-bond acceptors (Lipinski definition) is 4. The predicted octanol–water partition coefficient (Wildman–Crippen LogP) is 2.87. The second-order valence-corrected chi connectivity index (χ2v) is 4.93. The zero-order chi connectivity index (χ0) is 13.5. The average Bonchev–Trinajstić information content (AvgIpc) is 2.33. The number of nitro groups is 1. The number of benzene rings is 1. The van der Waals surface area contributed by atoms with Crippen LogP contribution in [0.5, 0.6) is 0 Å². The summed E-state index contributed by atoms with van der Waals surface area (Å²) in [7, 11) is 1.66. The summed E-state index contributed by atoms with van der Waals surface area (Å²) in [5, 5.41) is 14.1. The van der Waals surface area contributed by atoms with E-state index in [-0.39, 0.29) is 16.7 Å². The van der Waals surface area contributed by atoms with Crippen molar-refractivity contribution in [2.75, 3.05) is 13.7 Å². The van der Waals surface area contributed by atoms with Gasteiger partial charge in [0.05, 0.1) is 11.5 Å². The fourth-order valence-electron chi connectivity index (χ4n) is 1.63. The Hall–Kier alpha value is -0.980. The van der Waals surface area contributed by atoms with Crippen molar-refractivity contribution in [3.8, 4) is 0 Å². The van der Waals surface area contributed by atoms with Crippen LogP contribution in [0, 0.1) is 10.1 Å². The predicted molar refractivity (Wildman–Crippen MR) is 73.6 cm³/mol. The van der Waals surface area contributed by atoms with E-state index in [1.54, 1.807) is 13.2 Å². The fraction of sp³-hybridized carbons (Fsp3) is 0.500. The van der Waals surface area contributed by atoms with E-state index < -0.39 is 0 Å². The Balaban J connectivity index is 2.69. The van der Waals surface area contributed by atoms with Crippen molar-refractivity contribution < 1.29 is 9.66 Å². The maximum Gasteiger partial charge on any atom is 0.270 e. The van der Waals surface area contributed by atoms with Crippen LogP contribution in [0.3, 0.4) is 0 Å². The lowest BCUT2D eigenvalue weighted by molar-refractivity contribution is -0.385. The lowest BCUT2D eigenvalue weighted by Gasteiger charge is -2.15. The van der Waals surface area contributed by atoms with Crippen molar-refractivity contribution in [1.29, 1.82) is 0 Å². The molecule has 1 aromatic rings. The zero-order valence-electron chi connectivity index (χ0n) is 10.5. The number of nitrogens with zero attached hydrogens (tertiary/aromatic N) is 1. The van der Waals surface area contributed by atoms with E-state index >= 15 is 0 Å². The smallest absolute Gasteiger partial charge is 0.270 e. The summed E-state index contributed by atoms with van der Waals surface area (Å²) in [6.45, 7) is 3.29. The number of methoxy groups -OCH3 is 1. The molecular formula is C12H17BrN2O3. The van der Waals surface area contributed by atoms with Crippen LogP contribution in [-0.2, 0) is 11.3 Å². The highest BCUT2D eigenvalue weighted by Gasteiger charge is 2.10. The van der Waals surface area contributed by atoms with Gasteiger partial charge in [0.15, 0.2) is 0 Å². The standard InChI is InChI=1S/C12H17BrN2O3/c1-3-11(8-18-2)14-7-9-4-10(13)6-12(5-9)15(16)17/h4-6,11,14H,3,7-8H2,1-2H3. The molecule has 0 aliphatic heterocycles. The molecule has 1 aromatic carbocycles. The van der Waals surface area contributed by atoms with Crippen LogP contribution in [0.4, 0.5) is 5.69 Å². The fourth-order valence-corrected chi connectivity index (χ4v) is 2.15. The van der Waals surface area contributed by atoms with Gasteiger partial charge in [-0.3, -0.25) is 10.1 Å². The van der Waals surface area contributed by atoms with E-state index in [2.05, 4.69) is 28.2 Å². The number of ether oxygens (including phenoxy) is 1. The summed E-state index contributed by atoms with van der Waals surface area (Å²) in [5.41, 5.74) is 0.978. The number of hydrogen-bond donors (Lipinski definition) is 1. The van der Waals surface area contributed by atoms with Crippen molar-refractivity contribution in [1.82, 2.24) is 5.32 Å². The summed E-state index contributed by atoms with van der Waals surface area (Å²) in [5.74, 6) is 0. The van der Waals surface area contributed by atoms with Gasteiger partial charge in [-0.05, 0) is 18.1 Å². The molecule has 0 saturated carbocycles. The van der Waals surface area contributed by atoms with E-state index in [9.17, 15) is 10.1 Å². The van der Waals surface area contributed by atoms with Crippen molar-refractivity contribution in [2.45, 2.75) is 25.9 Å². The molecule has 1 N–H and O–H groups in total. The Morgan fingerprint density at radius 1 is 1.50 bits per heavy atom. The molecule has 0 saturated heterocycles. The minimum absolute atomic E-state index is 0.0981.